The minimum atomic E-state index is -0.123. The Hall–Kier alpha value is -3.20. The van der Waals surface area contributed by atoms with E-state index in [9.17, 15) is 4.79 Å². The van der Waals surface area contributed by atoms with Crippen molar-refractivity contribution in [3.8, 4) is 5.75 Å². The van der Waals surface area contributed by atoms with Crippen LogP contribution in [0, 0.1) is 5.92 Å². The van der Waals surface area contributed by atoms with E-state index in [0.717, 1.165) is 59.3 Å². The van der Waals surface area contributed by atoms with Gasteiger partial charge in [-0.25, -0.2) is 0 Å². The van der Waals surface area contributed by atoms with Crippen molar-refractivity contribution in [2.75, 3.05) is 36.2 Å². The van der Waals surface area contributed by atoms with Crippen LogP contribution in [0.4, 0.5) is 11.6 Å². The van der Waals surface area contributed by atoms with Gasteiger partial charge in [0, 0.05) is 36.0 Å². The first-order valence-corrected chi connectivity index (χ1v) is 13.2. The predicted molar refractivity (Wildman–Crippen MR) is 139 cm³/mol. The summed E-state index contributed by atoms with van der Waals surface area (Å²) in [5.74, 6) is 2.44. The molecule has 1 saturated carbocycles. The number of amides is 1. The molecule has 8 nitrogen and oxygen atoms in total. The lowest BCUT2D eigenvalue weighted by atomic mass is 10.00. The van der Waals surface area contributed by atoms with Crippen LogP contribution < -0.4 is 15.0 Å². The Kier molecular flexibility index (Phi) is 5.80. The van der Waals surface area contributed by atoms with Gasteiger partial charge in [0.05, 0.1) is 18.6 Å². The van der Waals surface area contributed by atoms with E-state index in [2.05, 4.69) is 31.9 Å². The van der Waals surface area contributed by atoms with Crippen LogP contribution in [0.1, 0.15) is 38.6 Å². The van der Waals surface area contributed by atoms with Crippen molar-refractivity contribution >= 4 is 51.2 Å². The quantitative estimate of drug-likeness (QED) is 0.342. The standard InChI is InChI=1S/C26H29N5O3S/c1-16-9-11-30(12-10-16)25-28-29-26(31(25)17-7-8-17)35-15-24(32)27-20-14-22-19(13-23(20)33-2)18-5-3-4-6-21(18)34-22/h3-6,13-14,16-17H,7-12,15H2,1-2H3,(H,27,32). The number of thioether (sulfide) groups is 1. The molecule has 4 aromatic rings. The number of piperidine rings is 1. The summed E-state index contributed by atoms with van der Waals surface area (Å²) in [6.45, 7) is 4.34. The second-order valence-electron chi connectivity index (χ2n) is 9.54. The van der Waals surface area contributed by atoms with Gasteiger partial charge in [-0.1, -0.05) is 36.9 Å². The molecule has 3 heterocycles. The molecule has 1 saturated heterocycles. The van der Waals surface area contributed by atoms with Crippen LogP contribution >= 0.6 is 11.8 Å². The molecule has 0 radical (unpaired) electrons. The fourth-order valence-electron chi connectivity index (χ4n) is 4.78. The van der Waals surface area contributed by atoms with Crippen LogP contribution in [0.25, 0.3) is 21.9 Å². The maximum atomic E-state index is 12.9. The summed E-state index contributed by atoms with van der Waals surface area (Å²) < 4.78 is 13.8. The lowest BCUT2D eigenvalue weighted by Gasteiger charge is -2.31. The van der Waals surface area contributed by atoms with E-state index >= 15 is 0 Å². The molecule has 1 aliphatic heterocycles. The number of carbonyl (C=O) groups excluding carboxylic acids is 1. The molecular formula is C26H29N5O3S. The maximum absolute atomic E-state index is 12.9. The number of ether oxygens (including phenoxy) is 1. The van der Waals surface area contributed by atoms with Crippen LogP contribution in [-0.4, -0.2) is 46.6 Å². The average molecular weight is 492 g/mol. The molecular weight excluding hydrogens is 462 g/mol. The largest absolute Gasteiger partial charge is 0.495 e. The van der Waals surface area contributed by atoms with Crippen LogP contribution in [0.5, 0.6) is 5.75 Å². The van der Waals surface area contributed by atoms with E-state index in [1.165, 1.54) is 24.6 Å². The number of aromatic nitrogens is 3. The second-order valence-corrected chi connectivity index (χ2v) is 10.5. The molecule has 1 amide bonds. The third-order valence-corrected chi connectivity index (χ3v) is 7.87. The molecule has 0 spiro atoms. The number of para-hydroxylation sites is 1. The lowest BCUT2D eigenvalue weighted by molar-refractivity contribution is -0.113. The molecule has 1 N–H and O–H groups in total. The molecule has 0 unspecified atom stereocenters. The Morgan fingerprint density at radius 2 is 1.91 bits per heavy atom. The summed E-state index contributed by atoms with van der Waals surface area (Å²) in [6, 6.07) is 12.1. The lowest BCUT2D eigenvalue weighted by Crippen LogP contribution is -2.34. The van der Waals surface area contributed by atoms with Gasteiger partial charge in [0.15, 0.2) is 5.16 Å². The number of carbonyl (C=O) groups is 1. The van der Waals surface area contributed by atoms with Gasteiger partial charge >= 0.3 is 0 Å². The molecule has 6 rings (SSSR count). The Bertz CT molecular complexity index is 1380. The first kappa shape index (κ1) is 22.3. The Labute approximate surface area is 208 Å². The van der Waals surface area contributed by atoms with E-state index in [1.807, 2.05) is 36.4 Å². The fraction of sp³-hybridized carbons (Fsp3) is 0.423. The average Bonchev–Trinajstić information content (AvgIpc) is 3.52. The summed E-state index contributed by atoms with van der Waals surface area (Å²) >= 11 is 1.44. The van der Waals surface area contributed by atoms with Crippen molar-refractivity contribution in [3.05, 3.63) is 36.4 Å². The molecule has 2 aromatic heterocycles. The molecule has 2 aromatic carbocycles. The number of nitrogens with one attached hydrogen (secondary N) is 1. The Balaban J connectivity index is 1.18. The number of methoxy groups -OCH3 is 1. The highest BCUT2D eigenvalue weighted by Gasteiger charge is 2.32. The number of nitrogens with zero attached hydrogens (tertiary/aromatic N) is 4. The third kappa shape index (κ3) is 4.33. The zero-order valence-electron chi connectivity index (χ0n) is 20.0. The van der Waals surface area contributed by atoms with Crippen LogP contribution in [0.15, 0.2) is 46.0 Å². The van der Waals surface area contributed by atoms with Crippen molar-refractivity contribution in [1.82, 2.24) is 14.8 Å². The highest BCUT2D eigenvalue weighted by Crippen LogP contribution is 2.42. The zero-order valence-corrected chi connectivity index (χ0v) is 20.8. The minimum Gasteiger partial charge on any atom is -0.495 e. The van der Waals surface area contributed by atoms with E-state index in [1.54, 1.807) is 7.11 Å². The van der Waals surface area contributed by atoms with Crippen LogP contribution in [0.2, 0.25) is 0 Å². The first-order valence-electron chi connectivity index (χ1n) is 12.2. The molecule has 1 aliphatic carbocycles. The summed E-state index contributed by atoms with van der Waals surface area (Å²) in [5, 5.41) is 14.8. The molecule has 9 heteroatoms. The van der Waals surface area contributed by atoms with Crippen molar-refractivity contribution in [1.29, 1.82) is 0 Å². The molecule has 2 aliphatic rings. The number of anilines is 2. The summed E-state index contributed by atoms with van der Waals surface area (Å²) in [4.78, 5) is 15.3. The van der Waals surface area contributed by atoms with Crippen molar-refractivity contribution in [3.63, 3.8) is 0 Å². The van der Waals surface area contributed by atoms with Gasteiger partial charge in [0.1, 0.15) is 16.9 Å². The number of furan rings is 1. The first-order chi connectivity index (χ1) is 17.1. The van der Waals surface area contributed by atoms with Gasteiger partial charge in [0.25, 0.3) is 0 Å². The number of benzene rings is 2. The van der Waals surface area contributed by atoms with Gasteiger partial charge in [0.2, 0.25) is 11.9 Å². The summed E-state index contributed by atoms with van der Waals surface area (Å²) in [6.07, 6.45) is 4.65. The normalized spacial score (nSPS) is 16.8. The van der Waals surface area contributed by atoms with Crippen LogP contribution in [0.3, 0.4) is 0 Å². The molecule has 0 bridgehead atoms. The number of fused-ring (bicyclic) bond motifs is 3. The van der Waals surface area contributed by atoms with Crippen molar-refractivity contribution < 1.29 is 13.9 Å². The van der Waals surface area contributed by atoms with Crippen molar-refractivity contribution in [2.24, 2.45) is 5.92 Å². The smallest absolute Gasteiger partial charge is 0.234 e. The van der Waals surface area contributed by atoms with Gasteiger partial charge in [-0.2, -0.15) is 0 Å². The SMILES string of the molecule is COc1cc2c(cc1NC(=O)CSc1nnc(N3CCC(C)CC3)n1C1CC1)oc1ccccc12. The van der Waals surface area contributed by atoms with E-state index in [-0.39, 0.29) is 11.7 Å². The molecule has 0 atom stereocenters. The third-order valence-electron chi connectivity index (χ3n) is 6.93. The molecule has 35 heavy (non-hydrogen) atoms. The number of hydrogen-bond acceptors (Lipinski definition) is 7. The second kappa shape index (κ2) is 9.11. The Morgan fingerprint density at radius 3 is 2.69 bits per heavy atom. The van der Waals surface area contributed by atoms with Gasteiger partial charge in [-0.3, -0.25) is 9.36 Å². The molecule has 182 valence electrons. The number of hydrogen-bond donors (Lipinski definition) is 1. The van der Waals surface area contributed by atoms with Gasteiger partial charge < -0.3 is 19.4 Å². The summed E-state index contributed by atoms with van der Waals surface area (Å²) in [7, 11) is 1.61. The highest BCUT2D eigenvalue weighted by molar-refractivity contribution is 7.99. The molecule has 2 fully saturated rings. The summed E-state index contributed by atoms with van der Waals surface area (Å²) in [5.41, 5.74) is 2.11. The maximum Gasteiger partial charge on any atom is 0.234 e. The Morgan fingerprint density at radius 1 is 1.11 bits per heavy atom. The highest BCUT2D eigenvalue weighted by atomic mass is 32.2. The van der Waals surface area contributed by atoms with E-state index < -0.39 is 0 Å². The monoisotopic (exact) mass is 491 g/mol. The predicted octanol–water partition coefficient (Wildman–Crippen LogP) is 5.49. The van der Waals surface area contributed by atoms with Crippen molar-refractivity contribution in [2.45, 2.75) is 43.8 Å². The minimum absolute atomic E-state index is 0.123. The van der Waals surface area contributed by atoms with Gasteiger partial charge in [-0.05, 0) is 43.7 Å². The zero-order chi connectivity index (χ0) is 23.9. The van der Waals surface area contributed by atoms with E-state index in [0.29, 0.717) is 23.1 Å². The number of rotatable bonds is 7. The topological polar surface area (TPSA) is 85.4 Å². The van der Waals surface area contributed by atoms with E-state index in [4.69, 9.17) is 9.15 Å². The fourth-order valence-corrected chi connectivity index (χ4v) is 5.58. The van der Waals surface area contributed by atoms with Gasteiger partial charge in [-0.15, -0.1) is 10.2 Å². The van der Waals surface area contributed by atoms with Crippen LogP contribution in [-0.2, 0) is 4.79 Å².